The molecular formula is C18H23NO4. The maximum Gasteiger partial charge on any atom is 0.252 e. The molecule has 0 aliphatic heterocycles. The second-order valence-corrected chi connectivity index (χ2v) is 7.56. The van der Waals surface area contributed by atoms with Gasteiger partial charge in [0.2, 0.25) is 0 Å². The number of hydrogen-bond acceptors (Lipinski definition) is 4. The Kier molecular flexibility index (Phi) is 3.06. The van der Waals surface area contributed by atoms with Crippen LogP contribution in [0.1, 0.15) is 60.0 Å². The summed E-state index contributed by atoms with van der Waals surface area (Å²) in [5.41, 5.74) is 5.55. The van der Waals surface area contributed by atoms with E-state index < -0.39 is 23.0 Å². The number of benzene rings is 1. The number of rotatable bonds is 1. The van der Waals surface area contributed by atoms with E-state index in [1.807, 2.05) is 6.07 Å². The first-order valence-corrected chi connectivity index (χ1v) is 8.44. The van der Waals surface area contributed by atoms with Crippen LogP contribution in [0.4, 0.5) is 0 Å². The monoisotopic (exact) mass is 317 g/mol. The van der Waals surface area contributed by atoms with Gasteiger partial charge >= 0.3 is 0 Å². The molecule has 1 aromatic carbocycles. The molecule has 1 amide bonds. The van der Waals surface area contributed by atoms with Crippen LogP contribution in [0.25, 0.3) is 0 Å². The molecule has 0 unspecified atom stereocenters. The Bertz CT molecular complexity index is 688. The highest BCUT2D eigenvalue weighted by atomic mass is 16.3. The molecule has 3 aliphatic rings. The van der Waals surface area contributed by atoms with Gasteiger partial charge in [-0.15, -0.1) is 0 Å². The van der Waals surface area contributed by atoms with Crippen molar-refractivity contribution < 1.29 is 20.1 Å². The average molecular weight is 317 g/mol. The summed E-state index contributed by atoms with van der Waals surface area (Å²) in [6.07, 6.45) is 4.42. The second kappa shape index (κ2) is 4.71. The predicted molar refractivity (Wildman–Crippen MR) is 84.2 cm³/mol. The van der Waals surface area contributed by atoms with Gasteiger partial charge in [0.05, 0.1) is 17.3 Å². The zero-order valence-electron chi connectivity index (χ0n) is 13.1. The lowest BCUT2D eigenvalue weighted by Gasteiger charge is -2.61. The zero-order chi connectivity index (χ0) is 16.4. The Balaban J connectivity index is 2.00. The SMILES string of the molecule is NC(=O)c1ccc2c(c1O)[C@]13CCC[C@H](C2)[C@]1(O)CC[C@H](O)C3. The van der Waals surface area contributed by atoms with E-state index in [0.717, 1.165) is 24.8 Å². The highest BCUT2D eigenvalue weighted by Crippen LogP contribution is 2.62. The number of fused-ring (bicyclic) bond motifs is 1. The standard InChI is InChI=1S/C18H23NO4/c19-16(22)13-4-3-10-8-11-2-1-6-17(14(10)15(13)21)9-12(20)5-7-18(11,17)23/h3-4,11-12,20-21,23H,1-2,5-9H2,(H2,19,22)/t11-,12+,17-,18-/m1/s1. The summed E-state index contributed by atoms with van der Waals surface area (Å²) in [6, 6.07) is 3.43. The summed E-state index contributed by atoms with van der Waals surface area (Å²) < 4.78 is 0. The highest BCUT2D eigenvalue weighted by Gasteiger charge is 2.63. The van der Waals surface area contributed by atoms with Crippen molar-refractivity contribution in [1.29, 1.82) is 0 Å². The van der Waals surface area contributed by atoms with Crippen molar-refractivity contribution in [1.82, 2.24) is 0 Å². The third-order valence-corrected chi connectivity index (χ3v) is 6.58. The highest BCUT2D eigenvalue weighted by molar-refractivity contribution is 5.96. The first-order chi connectivity index (χ1) is 10.9. The summed E-state index contributed by atoms with van der Waals surface area (Å²) in [5, 5.41) is 32.6. The predicted octanol–water partition coefficient (Wildman–Crippen LogP) is 1.36. The van der Waals surface area contributed by atoms with Crippen LogP contribution < -0.4 is 5.73 Å². The van der Waals surface area contributed by atoms with E-state index in [9.17, 15) is 20.1 Å². The van der Waals surface area contributed by atoms with Gasteiger partial charge in [0.1, 0.15) is 5.75 Å². The van der Waals surface area contributed by atoms with Crippen molar-refractivity contribution >= 4 is 5.91 Å². The molecule has 2 saturated carbocycles. The van der Waals surface area contributed by atoms with Crippen LogP contribution in [0.5, 0.6) is 5.75 Å². The van der Waals surface area contributed by atoms with Crippen molar-refractivity contribution in [2.45, 2.75) is 62.1 Å². The summed E-state index contributed by atoms with van der Waals surface area (Å²) in [5.74, 6) is -0.613. The molecule has 4 atom stereocenters. The van der Waals surface area contributed by atoms with Gasteiger partial charge in [-0.05, 0) is 56.1 Å². The number of carbonyl (C=O) groups is 1. The Morgan fingerprint density at radius 1 is 1.26 bits per heavy atom. The molecule has 3 aliphatic carbocycles. The van der Waals surface area contributed by atoms with Gasteiger partial charge in [-0.25, -0.2) is 0 Å². The third-order valence-electron chi connectivity index (χ3n) is 6.58. The minimum Gasteiger partial charge on any atom is -0.507 e. The van der Waals surface area contributed by atoms with Crippen LogP contribution >= 0.6 is 0 Å². The molecule has 0 saturated heterocycles. The minimum atomic E-state index is -0.911. The minimum absolute atomic E-state index is 0.0946. The normalized spacial score (nSPS) is 38.5. The Hall–Kier alpha value is -1.59. The van der Waals surface area contributed by atoms with E-state index in [2.05, 4.69) is 0 Å². The number of nitrogens with two attached hydrogens (primary N) is 1. The molecule has 0 aromatic heterocycles. The molecule has 5 heteroatoms. The Labute approximate surface area is 135 Å². The van der Waals surface area contributed by atoms with E-state index in [1.54, 1.807) is 6.07 Å². The molecule has 5 nitrogen and oxygen atoms in total. The van der Waals surface area contributed by atoms with E-state index in [0.29, 0.717) is 31.2 Å². The van der Waals surface area contributed by atoms with Crippen molar-refractivity contribution in [3.63, 3.8) is 0 Å². The van der Waals surface area contributed by atoms with Crippen molar-refractivity contribution in [3.05, 3.63) is 28.8 Å². The summed E-state index contributed by atoms with van der Waals surface area (Å²) in [4.78, 5) is 11.6. The number of phenols is 1. The number of primary amides is 1. The van der Waals surface area contributed by atoms with Gasteiger partial charge in [-0.1, -0.05) is 12.5 Å². The smallest absolute Gasteiger partial charge is 0.252 e. The topological polar surface area (TPSA) is 104 Å². The number of aliphatic hydroxyl groups is 2. The molecule has 2 bridgehead atoms. The number of aromatic hydroxyl groups is 1. The molecule has 23 heavy (non-hydrogen) atoms. The van der Waals surface area contributed by atoms with E-state index in [-0.39, 0.29) is 17.2 Å². The molecule has 2 fully saturated rings. The van der Waals surface area contributed by atoms with Gasteiger partial charge in [-0.2, -0.15) is 0 Å². The molecule has 0 heterocycles. The third kappa shape index (κ3) is 1.78. The van der Waals surface area contributed by atoms with Gasteiger partial charge in [-0.3, -0.25) is 4.79 Å². The lowest BCUT2D eigenvalue weighted by molar-refractivity contribution is -0.165. The summed E-state index contributed by atoms with van der Waals surface area (Å²) in [6.45, 7) is 0. The molecule has 4 rings (SSSR count). The Morgan fingerprint density at radius 2 is 2.04 bits per heavy atom. The zero-order valence-corrected chi connectivity index (χ0v) is 13.1. The van der Waals surface area contributed by atoms with Gasteiger partial charge < -0.3 is 21.1 Å². The number of aliphatic hydroxyl groups excluding tert-OH is 1. The van der Waals surface area contributed by atoms with Crippen LogP contribution in [-0.2, 0) is 11.8 Å². The molecule has 1 aromatic rings. The first kappa shape index (κ1) is 15.0. The maximum absolute atomic E-state index is 11.6. The molecular weight excluding hydrogens is 294 g/mol. The summed E-state index contributed by atoms with van der Waals surface area (Å²) >= 11 is 0. The molecule has 5 N–H and O–H groups in total. The molecule has 0 spiro atoms. The van der Waals surface area contributed by atoms with Gasteiger partial charge in [0, 0.05) is 11.0 Å². The summed E-state index contributed by atoms with van der Waals surface area (Å²) in [7, 11) is 0. The first-order valence-electron chi connectivity index (χ1n) is 8.44. The van der Waals surface area contributed by atoms with E-state index in [1.165, 1.54) is 0 Å². The lowest BCUT2D eigenvalue weighted by Crippen LogP contribution is -2.65. The van der Waals surface area contributed by atoms with Gasteiger partial charge in [0.25, 0.3) is 5.91 Å². The largest absolute Gasteiger partial charge is 0.507 e. The van der Waals surface area contributed by atoms with Crippen LogP contribution in [0.2, 0.25) is 0 Å². The van der Waals surface area contributed by atoms with Crippen molar-refractivity contribution in [2.75, 3.05) is 0 Å². The average Bonchev–Trinajstić information content (AvgIpc) is 2.47. The molecule has 124 valence electrons. The van der Waals surface area contributed by atoms with Crippen LogP contribution in [-0.4, -0.2) is 32.9 Å². The number of hydrogen-bond donors (Lipinski definition) is 4. The molecule has 0 radical (unpaired) electrons. The lowest BCUT2D eigenvalue weighted by atomic mass is 9.45. The second-order valence-electron chi connectivity index (χ2n) is 7.56. The quantitative estimate of drug-likeness (QED) is 0.628. The van der Waals surface area contributed by atoms with Gasteiger partial charge in [0.15, 0.2) is 0 Å². The van der Waals surface area contributed by atoms with Crippen LogP contribution in [0.3, 0.4) is 0 Å². The van der Waals surface area contributed by atoms with E-state index in [4.69, 9.17) is 5.73 Å². The van der Waals surface area contributed by atoms with E-state index >= 15 is 0 Å². The fourth-order valence-electron chi connectivity index (χ4n) is 5.63. The van der Waals surface area contributed by atoms with Crippen LogP contribution in [0, 0.1) is 5.92 Å². The fourth-order valence-corrected chi connectivity index (χ4v) is 5.63. The fraction of sp³-hybridized carbons (Fsp3) is 0.611. The maximum atomic E-state index is 11.6. The van der Waals surface area contributed by atoms with Crippen molar-refractivity contribution in [3.8, 4) is 5.75 Å². The van der Waals surface area contributed by atoms with Crippen LogP contribution in [0.15, 0.2) is 12.1 Å². The number of amides is 1. The number of carbonyl (C=O) groups excluding carboxylic acids is 1. The Morgan fingerprint density at radius 3 is 2.78 bits per heavy atom. The van der Waals surface area contributed by atoms with Crippen molar-refractivity contribution in [2.24, 2.45) is 11.7 Å².